The monoisotopic (exact) mass is 564 g/mol. The molecule has 0 aliphatic rings. The standard InChI is InChI=1S/C40H24N2S/c1-2-13-27(14-3-1)41-34-18-8-6-15-28(34)32-23-33-31-21-25-11-4-5-12-26(25)22-36(31)42(38(33)24-37(32)41)35-19-10-17-30-29-16-7-9-20-39(29)43-40(30)35/h1-24H. The molecule has 0 unspecified atom stereocenters. The van der Waals surface area contributed by atoms with Gasteiger partial charge in [-0.25, -0.2) is 0 Å². The average molecular weight is 565 g/mol. The maximum atomic E-state index is 2.52. The Morgan fingerprint density at radius 2 is 1.00 bits per heavy atom. The van der Waals surface area contributed by atoms with E-state index >= 15 is 0 Å². The van der Waals surface area contributed by atoms with Gasteiger partial charge in [-0.15, -0.1) is 11.3 Å². The minimum atomic E-state index is 1.17. The van der Waals surface area contributed by atoms with Crippen molar-refractivity contribution in [2.45, 2.75) is 0 Å². The van der Waals surface area contributed by atoms with Crippen LogP contribution < -0.4 is 0 Å². The van der Waals surface area contributed by atoms with Crippen LogP contribution in [0, 0.1) is 0 Å². The molecule has 0 fully saturated rings. The molecule has 10 rings (SSSR count). The van der Waals surface area contributed by atoms with Crippen LogP contribution in [-0.4, -0.2) is 9.13 Å². The Bertz CT molecular complexity index is 2720. The molecule has 3 aromatic heterocycles. The molecule has 7 aromatic carbocycles. The molecule has 3 heteroatoms. The molecule has 0 saturated heterocycles. The van der Waals surface area contributed by atoms with Crippen LogP contribution in [0.1, 0.15) is 0 Å². The minimum Gasteiger partial charge on any atom is -0.309 e. The zero-order chi connectivity index (χ0) is 28.1. The van der Waals surface area contributed by atoms with Gasteiger partial charge in [0.05, 0.1) is 32.5 Å². The lowest BCUT2D eigenvalue weighted by Crippen LogP contribution is -1.96. The van der Waals surface area contributed by atoms with Crippen LogP contribution in [0.4, 0.5) is 0 Å². The number of thiophene rings is 1. The number of nitrogens with zero attached hydrogens (tertiary/aromatic N) is 2. The fourth-order valence-corrected chi connectivity index (χ4v) is 8.39. The summed E-state index contributed by atoms with van der Waals surface area (Å²) in [4.78, 5) is 0. The lowest BCUT2D eigenvalue weighted by atomic mass is 10.0. The molecule has 3 heterocycles. The van der Waals surface area contributed by atoms with E-state index in [2.05, 4.69) is 155 Å². The third kappa shape index (κ3) is 3.17. The van der Waals surface area contributed by atoms with Gasteiger partial charge in [-0.1, -0.05) is 91.0 Å². The first-order chi connectivity index (χ1) is 21.3. The Balaban J connectivity index is 1.43. The van der Waals surface area contributed by atoms with Crippen molar-refractivity contribution in [3.8, 4) is 11.4 Å². The van der Waals surface area contributed by atoms with Gasteiger partial charge in [-0.2, -0.15) is 0 Å². The summed E-state index contributed by atoms with van der Waals surface area (Å²) < 4.78 is 7.58. The second-order valence-electron chi connectivity index (χ2n) is 11.4. The van der Waals surface area contributed by atoms with Crippen molar-refractivity contribution in [2.75, 3.05) is 0 Å². The van der Waals surface area contributed by atoms with Crippen molar-refractivity contribution in [1.82, 2.24) is 9.13 Å². The van der Waals surface area contributed by atoms with Gasteiger partial charge in [0.1, 0.15) is 0 Å². The second-order valence-corrected chi connectivity index (χ2v) is 12.4. The van der Waals surface area contributed by atoms with Crippen molar-refractivity contribution >= 4 is 85.9 Å². The van der Waals surface area contributed by atoms with Gasteiger partial charge < -0.3 is 9.13 Å². The normalized spacial score (nSPS) is 12.2. The molecule has 0 amide bonds. The SMILES string of the molecule is c1ccc(-n2c3ccccc3c3cc4c5cc6ccccc6cc5n(-c5cccc6c5sc5ccccc56)c4cc32)cc1. The molecular weight excluding hydrogens is 541 g/mol. The average Bonchev–Trinajstić information content (AvgIpc) is 3.70. The summed E-state index contributed by atoms with van der Waals surface area (Å²) in [6.45, 7) is 0. The summed E-state index contributed by atoms with van der Waals surface area (Å²) in [5.41, 5.74) is 7.31. The van der Waals surface area contributed by atoms with Gasteiger partial charge >= 0.3 is 0 Å². The first kappa shape index (κ1) is 23.2. The minimum absolute atomic E-state index is 1.17. The highest BCUT2D eigenvalue weighted by Gasteiger charge is 2.20. The summed E-state index contributed by atoms with van der Waals surface area (Å²) in [7, 11) is 0. The van der Waals surface area contributed by atoms with Crippen molar-refractivity contribution in [3.63, 3.8) is 0 Å². The van der Waals surface area contributed by atoms with E-state index in [0.717, 1.165) is 0 Å². The van der Waals surface area contributed by atoms with Gasteiger partial charge in [0.15, 0.2) is 0 Å². The van der Waals surface area contributed by atoms with Crippen LogP contribution in [0.3, 0.4) is 0 Å². The molecule has 43 heavy (non-hydrogen) atoms. The molecule has 10 aromatic rings. The predicted molar refractivity (Wildman–Crippen MR) is 186 cm³/mol. The lowest BCUT2D eigenvalue weighted by molar-refractivity contribution is 1.17. The molecule has 0 aliphatic heterocycles. The Morgan fingerprint density at radius 3 is 1.88 bits per heavy atom. The van der Waals surface area contributed by atoms with E-state index in [9.17, 15) is 0 Å². The summed E-state index contributed by atoms with van der Waals surface area (Å²) in [6.07, 6.45) is 0. The number of benzene rings is 7. The molecule has 0 atom stereocenters. The quantitative estimate of drug-likeness (QED) is 0.198. The molecule has 0 radical (unpaired) electrons. The van der Waals surface area contributed by atoms with Crippen LogP contribution in [0.25, 0.3) is 85.9 Å². The van der Waals surface area contributed by atoms with E-state index in [1.54, 1.807) is 0 Å². The van der Waals surface area contributed by atoms with Gasteiger partial charge in [-0.05, 0) is 65.4 Å². The topological polar surface area (TPSA) is 9.86 Å². The van der Waals surface area contributed by atoms with Crippen molar-refractivity contribution in [3.05, 3.63) is 146 Å². The molecular formula is C40H24N2S. The predicted octanol–water partition coefficient (Wildman–Crippen LogP) is 11.4. The molecule has 0 spiro atoms. The Labute approximate surface area is 251 Å². The largest absolute Gasteiger partial charge is 0.309 e. The second kappa shape index (κ2) is 8.57. The Hall–Kier alpha value is -5.38. The number of hydrogen-bond donors (Lipinski definition) is 0. The lowest BCUT2D eigenvalue weighted by Gasteiger charge is -2.11. The Kier molecular flexibility index (Phi) is 4.63. The van der Waals surface area contributed by atoms with Gasteiger partial charge in [0, 0.05) is 42.7 Å². The zero-order valence-electron chi connectivity index (χ0n) is 23.2. The third-order valence-corrected chi connectivity index (χ3v) is 10.3. The number of aromatic nitrogens is 2. The highest BCUT2D eigenvalue weighted by molar-refractivity contribution is 7.26. The van der Waals surface area contributed by atoms with Crippen molar-refractivity contribution < 1.29 is 0 Å². The fraction of sp³-hybridized carbons (Fsp3) is 0. The van der Waals surface area contributed by atoms with Crippen molar-refractivity contribution in [1.29, 1.82) is 0 Å². The van der Waals surface area contributed by atoms with Crippen LogP contribution in [0.2, 0.25) is 0 Å². The van der Waals surface area contributed by atoms with E-state index in [0.29, 0.717) is 0 Å². The van der Waals surface area contributed by atoms with E-state index < -0.39 is 0 Å². The van der Waals surface area contributed by atoms with Crippen molar-refractivity contribution in [2.24, 2.45) is 0 Å². The van der Waals surface area contributed by atoms with Gasteiger partial charge in [-0.3, -0.25) is 0 Å². The molecule has 0 bridgehead atoms. The molecule has 0 N–H and O–H groups in total. The fourth-order valence-electron chi connectivity index (χ4n) is 7.19. The maximum Gasteiger partial charge on any atom is 0.0640 e. The van der Waals surface area contributed by atoms with Crippen LogP contribution in [-0.2, 0) is 0 Å². The smallest absolute Gasteiger partial charge is 0.0640 e. The number of rotatable bonds is 2. The summed E-state index contributed by atoms with van der Waals surface area (Å²) in [6, 6.07) is 53.5. The molecule has 0 aliphatic carbocycles. The molecule has 2 nitrogen and oxygen atoms in total. The Morgan fingerprint density at radius 1 is 0.372 bits per heavy atom. The molecule has 0 saturated carbocycles. The number of fused-ring (bicyclic) bond motifs is 10. The van der Waals surface area contributed by atoms with E-state index in [-0.39, 0.29) is 0 Å². The van der Waals surface area contributed by atoms with E-state index in [1.165, 1.54) is 85.9 Å². The summed E-state index contributed by atoms with van der Waals surface area (Å²) in [5.74, 6) is 0. The van der Waals surface area contributed by atoms with E-state index in [4.69, 9.17) is 0 Å². The summed E-state index contributed by atoms with van der Waals surface area (Å²) in [5, 5.41) is 10.3. The number of hydrogen-bond acceptors (Lipinski definition) is 1. The maximum absolute atomic E-state index is 2.52. The first-order valence-corrected chi connectivity index (χ1v) is 15.5. The molecule has 200 valence electrons. The van der Waals surface area contributed by atoms with Crippen LogP contribution >= 0.6 is 11.3 Å². The first-order valence-electron chi connectivity index (χ1n) is 14.7. The zero-order valence-corrected chi connectivity index (χ0v) is 24.0. The van der Waals surface area contributed by atoms with Gasteiger partial charge in [0.2, 0.25) is 0 Å². The van der Waals surface area contributed by atoms with Crippen LogP contribution in [0.5, 0.6) is 0 Å². The highest BCUT2D eigenvalue weighted by Crippen LogP contribution is 2.44. The third-order valence-electron chi connectivity index (χ3n) is 9.06. The van der Waals surface area contributed by atoms with Gasteiger partial charge in [0.25, 0.3) is 0 Å². The highest BCUT2D eigenvalue weighted by atomic mass is 32.1. The summed E-state index contributed by atoms with van der Waals surface area (Å²) >= 11 is 1.89. The van der Waals surface area contributed by atoms with Crippen LogP contribution in [0.15, 0.2) is 146 Å². The van der Waals surface area contributed by atoms with E-state index in [1.807, 2.05) is 11.3 Å². The number of para-hydroxylation sites is 2.